The zero-order valence-corrected chi connectivity index (χ0v) is 16.9. The van der Waals surface area contributed by atoms with Crippen molar-refractivity contribution in [3.05, 3.63) is 63.5 Å². The fraction of sp³-hybridized carbons (Fsp3) is 0.200. The quantitative estimate of drug-likeness (QED) is 0.611. The number of fused-ring (bicyclic) bond motifs is 2. The van der Waals surface area contributed by atoms with Crippen LogP contribution in [0.1, 0.15) is 29.4 Å². The van der Waals surface area contributed by atoms with Gasteiger partial charge >= 0.3 is 0 Å². The summed E-state index contributed by atoms with van der Waals surface area (Å²) >= 11 is 3.46. The van der Waals surface area contributed by atoms with Crippen molar-refractivity contribution in [1.82, 2.24) is 9.97 Å². The maximum absolute atomic E-state index is 12.7. The molecule has 0 N–H and O–H groups in total. The van der Waals surface area contributed by atoms with Gasteiger partial charge in [-0.15, -0.1) is 0 Å². The molecule has 0 spiro atoms. The van der Waals surface area contributed by atoms with E-state index in [1.165, 1.54) is 0 Å². The predicted molar refractivity (Wildman–Crippen MR) is 108 cm³/mol. The zero-order chi connectivity index (χ0) is 18.5. The highest BCUT2D eigenvalue weighted by atomic mass is 79.9. The highest BCUT2D eigenvalue weighted by molar-refractivity contribution is 9.10. The van der Waals surface area contributed by atoms with Crippen molar-refractivity contribution in [2.24, 2.45) is 0 Å². The fourth-order valence-corrected chi connectivity index (χ4v) is 4.67. The highest BCUT2D eigenvalue weighted by Gasteiger charge is 2.25. The lowest BCUT2D eigenvalue weighted by Crippen LogP contribution is -2.09. The second kappa shape index (κ2) is 6.28. The normalized spacial score (nSPS) is 13.7. The van der Waals surface area contributed by atoms with Crippen LogP contribution in [0, 0.1) is 6.92 Å². The lowest BCUT2D eigenvalue weighted by Gasteiger charge is -2.12. The van der Waals surface area contributed by atoms with E-state index in [1.807, 2.05) is 37.4 Å². The third kappa shape index (κ3) is 2.97. The van der Waals surface area contributed by atoms with Crippen LogP contribution in [0.5, 0.6) is 0 Å². The number of hydrogen-bond donors (Lipinski definition) is 0. The summed E-state index contributed by atoms with van der Waals surface area (Å²) in [6, 6.07) is 9.52. The molecule has 0 saturated heterocycles. The Labute approximate surface area is 161 Å². The van der Waals surface area contributed by atoms with Crippen LogP contribution in [0.15, 0.2) is 45.9 Å². The topological polar surface area (TPSA) is 59.9 Å². The van der Waals surface area contributed by atoms with E-state index in [0.29, 0.717) is 17.0 Å². The molecule has 0 bridgehead atoms. The van der Waals surface area contributed by atoms with Crippen LogP contribution in [-0.4, -0.2) is 24.1 Å². The van der Waals surface area contributed by atoms with Crippen molar-refractivity contribution in [2.75, 3.05) is 5.75 Å². The summed E-state index contributed by atoms with van der Waals surface area (Å²) in [5, 5.41) is 0.814. The van der Waals surface area contributed by atoms with E-state index < -0.39 is 9.84 Å². The monoisotopic (exact) mass is 428 g/mol. The molecular formula is C20H17BrN2O2S. The molecule has 3 aromatic rings. The van der Waals surface area contributed by atoms with Gasteiger partial charge in [0, 0.05) is 22.5 Å². The maximum Gasteiger partial charge on any atom is 0.180 e. The Morgan fingerprint density at radius 1 is 1.19 bits per heavy atom. The zero-order valence-electron chi connectivity index (χ0n) is 14.5. The molecule has 0 atom stereocenters. The van der Waals surface area contributed by atoms with Crippen molar-refractivity contribution in [3.63, 3.8) is 0 Å². The van der Waals surface area contributed by atoms with E-state index in [2.05, 4.69) is 27.0 Å². The molecule has 0 aliphatic heterocycles. The number of halogens is 1. The number of benzene rings is 1. The van der Waals surface area contributed by atoms with E-state index in [0.717, 1.165) is 37.8 Å². The molecule has 0 fully saturated rings. The third-order valence-electron chi connectivity index (χ3n) is 4.59. The molecule has 0 radical (unpaired) electrons. The molecule has 4 nitrogen and oxygen atoms in total. The van der Waals surface area contributed by atoms with Gasteiger partial charge in [-0.2, -0.15) is 0 Å². The molecule has 1 aromatic carbocycles. The van der Waals surface area contributed by atoms with Crippen LogP contribution in [0.4, 0.5) is 0 Å². The summed E-state index contributed by atoms with van der Waals surface area (Å²) < 4.78 is 26.4. The number of pyridine rings is 2. The van der Waals surface area contributed by atoms with E-state index in [-0.39, 0.29) is 5.75 Å². The summed E-state index contributed by atoms with van der Waals surface area (Å²) in [5.74, 6) is 0.0430. The second-order valence-electron chi connectivity index (χ2n) is 6.48. The van der Waals surface area contributed by atoms with Gasteiger partial charge in [0.25, 0.3) is 0 Å². The third-order valence-corrected chi connectivity index (χ3v) is 6.83. The van der Waals surface area contributed by atoms with Crippen LogP contribution in [-0.2, 0) is 16.3 Å². The van der Waals surface area contributed by atoms with E-state index in [9.17, 15) is 8.42 Å². The van der Waals surface area contributed by atoms with Gasteiger partial charge < -0.3 is 0 Å². The lowest BCUT2D eigenvalue weighted by atomic mass is 10.1. The van der Waals surface area contributed by atoms with E-state index in [4.69, 9.17) is 4.98 Å². The SMILES string of the molecule is CCS(=O)(=O)c1cc2ccc(Br)cc2nc1C1=Cc2ncc(C)cc2C1. The lowest BCUT2D eigenvalue weighted by molar-refractivity contribution is 0.596. The van der Waals surface area contributed by atoms with Crippen LogP contribution in [0.25, 0.3) is 22.6 Å². The first-order chi connectivity index (χ1) is 12.4. The Morgan fingerprint density at radius 2 is 2.00 bits per heavy atom. The number of sulfone groups is 1. The van der Waals surface area contributed by atoms with Gasteiger partial charge in [0.05, 0.1) is 27.6 Å². The number of rotatable bonds is 3. The molecule has 132 valence electrons. The number of aromatic nitrogens is 2. The maximum atomic E-state index is 12.7. The summed E-state index contributed by atoms with van der Waals surface area (Å²) in [4.78, 5) is 9.49. The standard InChI is InChI=1S/C20H17BrN2O2S/c1-3-26(24,25)19-9-13-4-5-16(21)10-18(13)23-20(19)15-7-14-6-12(2)11-22-17(14)8-15/h4-6,8-11H,3,7H2,1-2H3. The molecular weight excluding hydrogens is 412 g/mol. The molecule has 6 heteroatoms. The van der Waals surface area contributed by atoms with E-state index in [1.54, 1.807) is 13.0 Å². The second-order valence-corrected chi connectivity index (χ2v) is 9.64. The minimum atomic E-state index is -3.40. The molecule has 0 saturated carbocycles. The van der Waals surface area contributed by atoms with Gasteiger partial charge in [0.2, 0.25) is 0 Å². The molecule has 4 rings (SSSR count). The van der Waals surface area contributed by atoms with Crippen LogP contribution in [0.2, 0.25) is 0 Å². The van der Waals surface area contributed by atoms with Gasteiger partial charge in [0.1, 0.15) is 0 Å². The summed E-state index contributed by atoms with van der Waals surface area (Å²) in [6.07, 6.45) is 4.42. The Bertz CT molecular complexity index is 1180. The molecule has 1 aliphatic rings. The molecule has 26 heavy (non-hydrogen) atoms. The fourth-order valence-electron chi connectivity index (χ4n) is 3.23. The number of nitrogens with zero attached hydrogens (tertiary/aromatic N) is 2. The Hall–Kier alpha value is -2.05. The minimum Gasteiger partial charge on any atom is -0.256 e. The molecule has 1 aliphatic carbocycles. The first kappa shape index (κ1) is 17.4. The number of aryl methyl sites for hydroxylation is 1. The van der Waals surface area contributed by atoms with Crippen LogP contribution >= 0.6 is 15.9 Å². The average Bonchev–Trinajstić information content (AvgIpc) is 3.03. The van der Waals surface area contributed by atoms with Gasteiger partial charge in [-0.25, -0.2) is 13.4 Å². The van der Waals surface area contributed by atoms with Gasteiger partial charge in [-0.1, -0.05) is 35.0 Å². The van der Waals surface area contributed by atoms with Crippen molar-refractivity contribution >= 4 is 48.3 Å². The molecule has 0 amide bonds. The highest BCUT2D eigenvalue weighted by Crippen LogP contribution is 2.35. The largest absolute Gasteiger partial charge is 0.256 e. The van der Waals surface area contributed by atoms with Gasteiger partial charge in [-0.05, 0) is 47.9 Å². The molecule has 0 unspecified atom stereocenters. The Kier molecular flexibility index (Phi) is 4.20. The number of allylic oxidation sites excluding steroid dienone is 1. The van der Waals surface area contributed by atoms with Gasteiger partial charge in [-0.3, -0.25) is 4.98 Å². The van der Waals surface area contributed by atoms with E-state index >= 15 is 0 Å². The van der Waals surface area contributed by atoms with Gasteiger partial charge in [0.15, 0.2) is 9.84 Å². The summed E-state index contributed by atoms with van der Waals surface area (Å²) in [7, 11) is -3.40. The average molecular weight is 429 g/mol. The number of hydrogen-bond acceptors (Lipinski definition) is 4. The first-order valence-corrected chi connectivity index (χ1v) is 10.8. The first-order valence-electron chi connectivity index (χ1n) is 8.37. The molecule has 2 aromatic heterocycles. The van der Waals surface area contributed by atoms with Crippen molar-refractivity contribution in [2.45, 2.75) is 25.2 Å². The van der Waals surface area contributed by atoms with Crippen LogP contribution in [0.3, 0.4) is 0 Å². The smallest absolute Gasteiger partial charge is 0.180 e. The van der Waals surface area contributed by atoms with Crippen molar-refractivity contribution in [1.29, 1.82) is 0 Å². The van der Waals surface area contributed by atoms with Crippen LogP contribution < -0.4 is 0 Å². The summed E-state index contributed by atoms with van der Waals surface area (Å²) in [6.45, 7) is 3.66. The van der Waals surface area contributed by atoms with Crippen molar-refractivity contribution < 1.29 is 8.42 Å². The molecule has 2 heterocycles. The predicted octanol–water partition coefficient (Wildman–Crippen LogP) is 4.59. The Balaban J connectivity index is 1.95. The minimum absolute atomic E-state index is 0.0430. The Morgan fingerprint density at radius 3 is 2.77 bits per heavy atom. The van der Waals surface area contributed by atoms with Crippen molar-refractivity contribution in [3.8, 4) is 0 Å². The summed E-state index contributed by atoms with van der Waals surface area (Å²) in [5.41, 5.74) is 5.29.